The molecule has 4 nitrogen and oxygen atoms in total. The Bertz CT molecular complexity index is 403. The van der Waals surface area contributed by atoms with Gasteiger partial charge in [0.05, 0.1) is 12.7 Å². The molecule has 0 atom stereocenters. The summed E-state index contributed by atoms with van der Waals surface area (Å²) in [5.74, 6) is -0.320. The van der Waals surface area contributed by atoms with Crippen molar-refractivity contribution in [1.82, 2.24) is 0 Å². The van der Waals surface area contributed by atoms with Crippen molar-refractivity contribution in [2.75, 3.05) is 25.5 Å². The zero-order valence-electron chi connectivity index (χ0n) is 11.3. The minimum atomic E-state index is -0.320. The summed E-state index contributed by atoms with van der Waals surface area (Å²) in [5, 5.41) is 3.33. The molecule has 0 saturated carbocycles. The number of hydrogen-bond donors (Lipinski definition) is 2. The van der Waals surface area contributed by atoms with Gasteiger partial charge in [0, 0.05) is 12.2 Å². The first-order valence-corrected chi connectivity index (χ1v) is 6.11. The molecule has 0 spiro atoms. The first-order chi connectivity index (χ1) is 8.48. The van der Waals surface area contributed by atoms with Crippen molar-refractivity contribution in [3.63, 3.8) is 0 Å². The molecule has 0 fully saturated rings. The lowest BCUT2D eigenvalue weighted by Gasteiger charge is -2.24. The van der Waals surface area contributed by atoms with Gasteiger partial charge in [-0.05, 0) is 36.6 Å². The molecule has 18 heavy (non-hydrogen) atoms. The van der Waals surface area contributed by atoms with E-state index < -0.39 is 0 Å². The molecular weight excluding hydrogens is 228 g/mol. The van der Waals surface area contributed by atoms with Crippen molar-refractivity contribution in [1.29, 1.82) is 0 Å². The number of methoxy groups -OCH3 is 1. The number of anilines is 1. The molecule has 0 aliphatic carbocycles. The fraction of sp³-hybridized carbons (Fsp3) is 0.500. The molecule has 0 aliphatic rings. The Morgan fingerprint density at radius 2 is 2.17 bits per heavy atom. The van der Waals surface area contributed by atoms with Gasteiger partial charge in [-0.2, -0.15) is 0 Å². The second-order valence-electron chi connectivity index (χ2n) is 5.13. The van der Waals surface area contributed by atoms with Crippen LogP contribution in [0.4, 0.5) is 5.69 Å². The van der Waals surface area contributed by atoms with Gasteiger partial charge in [0.1, 0.15) is 0 Å². The maximum atomic E-state index is 11.4. The highest BCUT2D eigenvalue weighted by Gasteiger charge is 2.16. The van der Waals surface area contributed by atoms with E-state index in [1.165, 1.54) is 7.11 Å². The summed E-state index contributed by atoms with van der Waals surface area (Å²) in [7, 11) is 1.38. The van der Waals surface area contributed by atoms with Gasteiger partial charge in [-0.1, -0.05) is 19.9 Å². The smallest absolute Gasteiger partial charge is 0.337 e. The molecule has 1 aromatic rings. The molecule has 0 bridgehead atoms. The van der Waals surface area contributed by atoms with E-state index >= 15 is 0 Å². The summed E-state index contributed by atoms with van der Waals surface area (Å²) in [6.45, 7) is 5.82. The largest absolute Gasteiger partial charge is 0.465 e. The van der Waals surface area contributed by atoms with Gasteiger partial charge in [-0.15, -0.1) is 0 Å². The van der Waals surface area contributed by atoms with E-state index in [4.69, 9.17) is 10.5 Å². The average molecular weight is 250 g/mol. The van der Waals surface area contributed by atoms with Crippen LogP contribution in [-0.4, -0.2) is 26.2 Å². The first kappa shape index (κ1) is 14.5. The molecule has 1 rings (SSSR count). The van der Waals surface area contributed by atoms with Crippen LogP contribution in [0, 0.1) is 5.41 Å². The van der Waals surface area contributed by atoms with Crippen LogP contribution in [0.3, 0.4) is 0 Å². The Balaban J connectivity index is 2.65. The fourth-order valence-electron chi connectivity index (χ4n) is 1.69. The summed E-state index contributed by atoms with van der Waals surface area (Å²) in [4.78, 5) is 11.4. The Hall–Kier alpha value is -1.55. The van der Waals surface area contributed by atoms with Crippen LogP contribution in [0.15, 0.2) is 24.3 Å². The van der Waals surface area contributed by atoms with E-state index in [0.717, 1.165) is 18.7 Å². The minimum absolute atomic E-state index is 0.135. The Morgan fingerprint density at radius 1 is 1.44 bits per heavy atom. The van der Waals surface area contributed by atoms with E-state index in [9.17, 15) is 4.79 Å². The summed E-state index contributed by atoms with van der Waals surface area (Å²) < 4.78 is 4.69. The number of benzene rings is 1. The number of carbonyl (C=O) groups excluding carboxylic acids is 1. The van der Waals surface area contributed by atoms with Gasteiger partial charge in [-0.3, -0.25) is 0 Å². The fourth-order valence-corrected chi connectivity index (χ4v) is 1.69. The van der Waals surface area contributed by atoms with Crippen molar-refractivity contribution < 1.29 is 9.53 Å². The van der Waals surface area contributed by atoms with Crippen LogP contribution in [0.5, 0.6) is 0 Å². The van der Waals surface area contributed by atoms with Crippen molar-refractivity contribution in [3.05, 3.63) is 29.8 Å². The third kappa shape index (κ3) is 4.37. The van der Waals surface area contributed by atoms with Gasteiger partial charge in [0.15, 0.2) is 0 Å². The second-order valence-corrected chi connectivity index (χ2v) is 5.13. The Labute approximate surface area is 109 Å². The number of nitrogens with two attached hydrogens (primary N) is 1. The molecule has 0 heterocycles. The third-order valence-electron chi connectivity index (χ3n) is 2.88. The van der Waals surface area contributed by atoms with Crippen LogP contribution in [0.2, 0.25) is 0 Å². The number of nitrogens with one attached hydrogen (secondary N) is 1. The van der Waals surface area contributed by atoms with E-state index in [1.54, 1.807) is 12.1 Å². The molecule has 0 unspecified atom stereocenters. The molecule has 0 saturated heterocycles. The predicted octanol–water partition coefficient (Wildman–Crippen LogP) is 2.26. The standard InChI is InChI=1S/C14H22N2O2/c1-14(2,7-8-15)10-16-12-6-4-5-11(9-12)13(17)18-3/h4-6,9,16H,7-8,10,15H2,1-3H3. The summed E-state index contributed by atoms with van der Waals surface area (Å²) in [6.07, 6.45) is 0.955. The van der Waals surface area contributed by atoms with Crippen LogP contribution in [0.1, 0.15) is 30.6 Å². The SMILES string of the molecule is COC(=O)c1cccc(NCC(C)(C)CCN)c1. The summed E-state index contributed by atoms with van der Waals surface area (Å²) in [6, 6.07) is 7.31. The number of ether oxygens (including phenoxy) is 1. The predicted molar refractivity (Wildman–Crippen MR) is 73.7 cm³/mol. The highest BCUT2D eigenvalue weighted by Crippen LogP contribution is 2.21. The average Bonchev–Trinajstić information content (AvgIpc) is 2.36. The highest BCUT2D eigenvalue weighted by molar-refractivity contribution is 5.90. The molecule has 100 valence electrons. The Morgan fingerprint density at radius 3 is 2.78 bits per heavy atom. The maximum Gasteiger partial charge on any atom is 0.337 e. The molecule has 0 aromatic heterocycles. The number of hydrogen-bond acceptors (Lipinski definition) is 4. The number of carbonyl (C=O) groups is 1. The lowest BCUT2D eigenvalue weighted by Crippen LogP contribution is -2.26. The quantitative estimate of drug-likeness (QED) is 0.760. The molecule has 1 aromatic carbocycles. The minimum Gasteiger partial charge on any atom is -0.465 e. The monoisotopic (exact) mass is 250 g/mol. The van der Waals surface area contributed by atoms with E-state index in [0.29, 0.717) is 12.1 Å². The van der Waals surface area contributed by atoms with Gasteiger partial charge >= 0.3 is 5.97 Å². The van der Waals surface area contributed by atoms with Gasteiger partial charge < -0.3 is 15.8 Å². The summed E-state index contributed by atoms with van der Waals surface area (Å²) in [5.41, 5.74) is 7.19. The van der Waals surface area contributed by atoms with Crippen molar-refractivity contribution in [2.45, 2.75) is 20.3 Å². The molecule has 0 radical (unpaired) electrons. The zero-order chi connectivity index (χ0) is 13.6. The normalized spacial score (nSPS) is 11.1. The van der Waals surface area contributed by atoms with Crippen LogP contribution in [-0.2, 0) is 4.74 Å². The van der Waals surface area contributed by atoms with Crippen molar-refractivity contribution >= 4 is 11.7 Å². The molecular formula is C14H22N2O2. The van der Waals surface area contributed by atoms with Crippen LogP contribution in [0.25, 0.3) is 0 Å². The Kier molecular flexibility index (Phi) is 5.16. The van der Waals surface area contributed by atoms with Gasteiger partial charge in [-0.25, -0.2) is 4.79 Å². The van der Waals surface area contributed by atoms with Gasteiger partial charge in [0.2, 0.25) is 0 Å². The molecule has 0 amide bonds. The number of rotatable bonds is 6. The third-order valence-corrected chi connectivity index (χ3v) is 2.88. The lowest BCUT2D eigenvalue weighted by molar-refractivity contribution is 0.0601. The van der Waals surface area contributed by atoms with Crippen molar-refractivity contribution in [2.24, 2.45) is 11.1 Å². The molecule has 3 N–H and O–H groups in total. The number of esters is 1. The van der Waals surface area contributed by atoms with Crippen LogP contribution < -0.4 is 11.1 Å². The highest BCUT2D eigenvalue weighted by atomic mass is 16.5. The second kappa shape index (κ2) is 6.40. The lowest BCUT2D eigenvalue weighted by atomic mass is 9.89. The van der Waals surface area contributed by atoms with E-state index in [2.05, 4.69) is 19.2 Å². The maximum absolute atomic E-state index is 11.4. The van der Waals surface area contributed by atoms with E-state index in [-0.39, 0.29) is 11.4 Å². The summed E-state index contributed by atoms with van der Waals surface area (Å²) >= 11 is 0. The zero-order valence-corrected chi connectivity index (χ0v) is 11.3. The molecule has 0 aliphatic heterocycles. The van der Waals surface area contributed by atoms with E-state index in [1.807, 2.05) is 12.1 Å². The first-order valence-electron chi connectivity index (χ1n) is 6.11. The topological polar surface area (TPSA) is 64.3 Å². The molecule has 4 heteroatoms. The van der Waals surface area contributed by atoms with Gasteiger partial charge in [0.25, 0.3) is 0 Å². The van der Waals surface area contributed by atoms with Crippen molar-refractivity contribution in [3.8, 4) is 0 Å². The van der Waals surface area contributed by atoms with Crippen LogP contribution >= 0.6 is 0 Å².